The van der Waals surface area contributed by atoms with Crippen molar-refractivity contribution in [3.8, 4) is 11.5 Å². The van der Waals surface area contributed by atoms with Crippen molar-refractivity contribution in [2.75, 3.05) is 46.6 Å². The second-order valence-corrected chi connectivity index (χ2v) is 11.5. The molecule has 2 aliphatic rings. The molecule has 10 nitrogen and oxygen atoms in total. The Balaban J connectivity index is 1.41. The number of hydrogen-bond acceptors (Lipinski definition) is 9. The Morgan fingerprint density at radius 1 is 1.00 bits per heavy atom. The van der Waals surface area contributed by atoms with Gasteiger partial charge in [0.25, 0.3) is 11.5 Å². The summed E-state index contributed by atoms with van der Waals surface area (Å²) in [4.78, 5) is 47.3. The van der Waals surface area contributed by atoms with Crippen molar-refractivity contribution in [1.29, 1.82) is 0 Å². The first-order valence-electron chi connectivity index (χ1n) is 15.0. The van der Waals surface area contributed by atoms with Crippen LogP contribution >= 0.6 is 11.3 Å². The number of thiazole rings is 1. The highest BCUT2D eigenvalue weighted by atomic mass is 32.1. The van der Waals surface area contributed by atoms with Gasteiger partial charge in [-0.1, -0.05) is 78.1 Å². The van der Waals surface area contributed by atoms with E-state index in [4.69, 9.17) is 23.9 Å². The van der Waals surface area contributed by atoms with Crippen molar-refractivity contribution in [2.24, 2.45) is 4.99 Å². The number of amides is 1. The summed E-state index contributed by atoms with van der Waals surface area (Å²) in [5, 5.41) is 0. The molecule has 0 saturated carbocycles. The average Bonchev–Trinajstić information content (AvgIpc) is 3.41. The molecule has 0 bridgehead atoms. The third-order valence-electron chi connectivity index (χ3n) is 7.69. The third kappa shape index (κ3) is 6.37. The van der Waals surface area contributed by atoms with Crippen molar-refractivity contribution in [3.05, 3.63) is 121 Å². The minimum Gasteiger partial charge on any atom is -0.493 e. The number of hydrogen-bond donors (Lipinski definition) is 0. The Bertz CT molecular complexity index is 1950. The molecule has 11 heteroatoms. The van der Waals surface area contributed by atoms with Crippen LogP contribution in [-0.4, -0.2) is 68.0 Å². The predicted octanol–water partition coefficient (Wildman–Crippen LogP) is 3.18. The van der Waals surface area contributed by atoms with E-state index in [-0.39, 0.29) is 24.7 Å². The number of ether oxygens (including phenoxy) is 4. The maximum absolute atomic E-state index is 14.1. The standard InChI is InChI=1S/C35H33N3O7S/c1-3-44-34(41)30-31(24-10-6-4-7-11-24)36-35-38(32(30)25-12-8-5-9-13-25)33(40)28(46-35)21-23-14-15-26(27(20-23)42-2)45-22-29(39)37-16-18-43-19-17-37/h4-15,20-21,32H,3,16-19,22H2,1-2H3/b28-21+/t32-/m1/s1. The van der Waals surface area contributed by atoms with Gasteiger partial charge in [0.1, 0.15) is 0 Å². The molecule has 3 aromatic carbocycles. The van der Waals surface area contributed by atoms with Crippen LogP contribution in [0.1, 0.15) is 29.7 Å². The van der Waals surface area contributed by atoms with Crippen LogP contribution in [0.5, 0.6) is 11.5 Å². The molecule has 1 saturated heterocycles. The van der Waals surface area contributed by atoms with E-state index in [2.05, 4.69) is 0 Å². The summed E-state index contributed by atoms with van der Waals surface area (Å²) in [5.41, 5.74) is 2.68. The number of nitrogens with zero attached hydrogens (tertiary/aromatic N) is 3. The van der Waals surface area contributed by atoms with Crippen LogP contribution in [0, 0.1) is 0 Å². The number of rotatable bonds is 9. The Kier molecular flexibility index (Phi) is 9.41. The quantitative estimate of drug-likeness (QED) is 0.259. The molecular weight excluding hydrogens is 606 g/mol. The second kappa shape index (κ2) is 14.0. The molecular formula is C35H33N3O7S. The molecule has 1 aromatic heterocycles. The van der Waals surface area contributed by atoms with Crippen molar-refractivity contribution in [2.45, 2.75) is 13.0 Å². The zero-order chi connectivity index (χ0) is 32.0. The molecule has 3 heterocycles. The molecule has 0 radical (unpaired) electrons. The number of morpholine rings is 1. The third-order valence-corrected chi connectivity index (χ3v) is 8.67. The molecule has 0 unspecified atom stereocenters. The topological polar surface area (TPSA) is 109 Å². The summed E-state index contributed by atoms with van der Waals surface area (Å²) in [6, 6.07) is 23.4. The Labute approximate surface area is 269 Å². The molecule has 2 aliphatic heterocycles. The monoisotopic (exact) mass is 639 g/mol. The van der Waals surface area contributed by atoms with E-state index in [0.717, 1.165) is 11.1 Å². The molecule has 46 heavy (non-hydrogen) atoms. The molecule has 6 rings (SSSR count). The second-order valence-electron chi connectivity index (χ2n) is 10.5. The molecule has 1 atom stereocenters. The van der Waals surface area contributed by atoms with Gasteiger partial charge in [-0.15, -0.1) is 0 Å². The fourth-order valence-electron chi connectivity index (χ4n) is 5.48. The van der Waals surface area contributed by atoms with Crippen LogP contribution in [0.2, 0.25) is 0 Å². The number of aromatic nitrogens is 1. The lowest BCUT2D eigenvalue weighted by atomic mass is 9.93. The summed E-state index contributed by atoms with van der Waals surface area (Å²) in [6.07, 6.45) is 1.76. The number of methoxy groups -OCH3 is 1. The molecule has 1 fully saturated rings. The largest absolute Gasteiger partial charge is 0.493 e. The summed E-state index contributed by atoms with van der Waals surface area (Å²) in [7, 11) is 1.52. The summed E-state index contributed by atoms with van der Waals surface area (Å²) < 4.78 is 24.2. The predicted molar refractivity (Wildman–Crippen MR) is 173 cm³/mol. The van der Waals surface area contributed by atoms with Gasteiger partial charge in [0, 0.05) is 18.7 Å². The summed E-state index contributed by atoms with van der Waals surface area (Å²) >= 11 is 1.24. The van der Waals surface area contributed by atoms with Gasteiger partial charge in [0.15, 0.2) is 22.9 Å². The number of carbonyl (C=O) groups is 2. The van der Waals surface area contributed by atoms with Crippen LogP contribution in [0.25, 0.3) is 11.8 Å². The number of benzene rings is 3. The van der Waals surface area contributed by atoms with E-state index in [9.17, 15) is 14.4 Å². The minimum atomic E-state index is -0.747. The summed E-state index contributed by atoms with van der Waals surface area (Å²) in [5.74, 6) is 0.189. The highest BCUT2D eigenvalue weighted by molar-refractivity contribution is 7.07. The van der Waals surface area contributed by atoms with Crippen molar-refractivity contribution in [3.63, 3.8) is 0 Å². The lowest BCUT2D eigenvalue weighted by Crippen LogP contribution is -2.43. The molecule has 0 spiro atoms. The number of esters is 1. The highest BCUT2D eigenvalue weighted by Gasteiger charge is 2.35. The van der Waals surface area contributed by atoms with Gasteiger partial charge >= 0.3 is 5.97 Å². The van der Waals surface area contributed by atoms with Gasteiger partial charge in [-0.3, -0.25) is 14.2 Å². The SMILES string of the molecule is CCOC(=O)C1=C(c2ccccc2)N=c2s/c(=C/c3ccc(OCC(=O)N4CCOCC4)c(OC)c3)c(=O)n2[C@@H]1c1ccccc1. The average molecular weight is 640 g/mol. The first kappa shape index (κ1) is 31.0. The molecule has 1 amide bonds. The fourth-order valence-corrected chi connectivity index (χ4v) is 6.48. The Morgan fingerprint density at radius 3 is 2.41 bits per heavy atom. The molecule has 4 aromatic rings. The molecule has 0 N–H and O–H groups in total. The van der Waals surface area contributed by atoms with Gasteiger partial charge in [-0.2, -0.15) is 0 Å². The van der Waals surface area contributed by atoms with E-state index in [0.29, 0.717) is 64.0 Å². The van der Waals surface area contributed by atoms with E-state index < -0.39 is 12.0 Å². The van der Waals surface area contributed by atoms with E-state index in [1.165, 1.54) is 18.4 Å². The fraction of sp³-hybridized carbons (Fsp3) is 0.257. The summed E-state index contributed by atoms with van der Waals surface area (Å²) in [6.45, 7) is 3.90. The highest BCUT2D eigenvalue weighted by Crippen LogP contribution is 2.35. The van der Waals surface area contributed by atoms with Crippen LogP contribution in [0.3, 0.4) is 0 Å². The van der Waals surface area contributed by atoms with Gasteiger partial charge < -0.3 is 23.8 Å². The van der Waals surface area contributed by atoms with Crippen molar-refractivity contribution >= 4 is 35.0 Å². The smallest absolute Gasteiger partial charge is 0.338 e. The van der Waals surface area contributed by atoms with Crippen LogP contribution < -0.4 is 24.4 Å². The van der Waals surface area contributed by atoms with Gasteiger partial charge in [0.2, 0.25) is 0 Å². The van der Waals surface area contributed by atoms with Gasteiger partial charge in [-0.25, -0.2) is 9.79 Å². The minimum absolute atomic E-state index is 0.124. The lowest BCUT2D eigenvalue weighted by molar-refractivity contribution is -0.139. The molecule has 0 aliphatic carbocycles. The van der Waals surface area contributed by atoms with Crippen molar-refractivity contribution < 1.29 is 28.5 Å². The van der Waals surface area contributed by atoms with Crippen LogP contribution in [0.4, 0.5) is 0 Å². The zero-order valence-corrected chi connectivity index (χ0v) is 26.3. The first-order chi connectivity index (χ1) is 22.5. The van der Waals surface area contributed by atoms with Gasteiger partial charge in [-0.05, 0) is 36.3 Å². The Morgan fingerprint density at radius 2 is 1.72 bits per heavy atom. The lowest BCUT2D eigenvalue weighted by Gasteiger charge is -2.26. The number of carbonyl (C=O) groups excluding carboxylic acids is 2. The van der Waals surface area contributed by atoms with E-state index in [1.807, 2.05) is 60.7 Å². The van der Waals surface area contributed by atoms with Crippen LogP contribution in [-0.2, 0) is 19.1 Å². The maximum atomic E-state index is 14.1. The van der Waals surface area contributed by atoms with Crippen LogP contribution in [0.15, 0.2) is 94.2 Å². The number of fused-ring (bicyclic) bond motifs is 1. The maximum Gasteiger partial charge on any atom is 0.338 e. The van der Waals surface area contributed by atoms with Crippen molar-refractivity contribution in [1.82, 2.24) is 9.47 Å². The van der Waals surface area contributed by atoms with Gasteiger partial charge in [0.05, 0.1) is 48.8 Å². The normalized spacial score (nSPS) is 16.4. The molecule has 236 valence electrons. The Hall–Kier alpha value is -5.00. The van der Waals surface area contributed by atoms with E-state index in [1.54, 1.807) is 40.7 Å². The zero-order valence-electron chi connectivity index (χ0n) is 25.5. The van der Waals surface area contributed by atoms with E-state index >= 15 is 0 Å². The first-order valence-corrected chi connectivity index (χ1v) is 15.8.